The van der Waals surface area contributed by atoms with E-state index >= 15 is 0 Å². The second-order valence-electron chi connectivity index (χ2n) is 4.31. The minimum atomic E-state index is -0.192. The third kappa shape index (κ3) is 3.45. The Morgan fingerprint density at radius 3 is 2.48 bits per heavy atom. The average Bonchev–Trinajstić information content (AvgIpc) is 2.50. The van der Waals surface area contributed by atoms with Crippen molar-refractivity contribution in [2.24, 2.45) is 0 Å². The number of rotatable bonds is 5. The minimum absolute atomic E-state index is 0.192. The van der Waals surface area contributed by atoms with Crippen LogP contribution < -0.4 is 20.5 Å². The van der Waals surface area contributed by atoms with Crippen LogP contribution in [0.25, 0.3) is 0 Å². The molecule has 0 fully saturated rings. The highest BCUT2D eigenvalue weighted by atomic mass is 16.5. The van der Waals surface area contributed by atoms with Crippen LogP contribution in [0.4, 0.5) is 5.69 Å². The Hall–Kier alpha value is -2.69. The van der Waals surface area contributed by atoms with Gasteiger partial charge in [0.05, 0.1) is 12.3 Å². The molecule has 2 rings (SSSR count). The molecule has 5 nitrogen and oxygen atoms in total. The van der Waals surface area contributed by atoms with Gasteiger partial charge in [-0.05, 0) is 37.3 Å². The molecule has 0 spiro atoms. The maximum atomic E-state index is 11.5. The monoisotopic (exact) mass is 286 g/mol. The second kappa shape index (κ2) is 6.65. The van der Waals surface area contributed by atoms with Gasteiger partial charge in [0.1, 0.15) is 0 Å². The number of nitrogen functional groups attached to an aromatic ring is 1. The van der Waals surface area contributed by atoms with E-state index in [0.29, 0.717) is 35.1 Å². The first kappa shape index (κ1) is 14.7. The molecule has 110 valence electrons. The van der Waals surface area contributed by atoms with Gasteiger partial charge in [0.15, 0.2) is 17.2 Å². The summed E-state index contributed by atoms with van der Waals surface area (Å²) in [6, 6.07) is 12.3. The summed E-state index contributed by atoms with van der Waals surface area (Å²) < 4.78 is 11.3. The number of benzene rings is 2. The Labute approximate surface area is 123 Å². The maximum absolute atomic E-state index is 11.5. The third-order valence-corrected chi connectivity index (χ3v) is 2.87. The van der Waals surface area contributed by atoms with Gasteiger partial charge in [0, 0.05) is 12.6 Å². The van der Waals surface area contributed by atoms with Crippen molar-refractivity contribution in [3.05, 3.63) is 48.0 Å². The Kier molecular flexibility index (Phi) is 4.66. The summed E-state index contributed by atoms with van der Waals surface area (Å²) in [7, 11) is 1.57. The predicted octanol–water partition coefficient (Wildman–Crippen LogP) is 2.82. The van der Waals surface area contributed by atoms with Crippen molar-refractivity contribution in [2.45, 2.75) is 6.92 Å². The summed E-state index contributed by atoms with van der Waals surface area (Å²) in [5, 5.41) is 2.55. The number of anilines is 1. The molecule has 0 aliphatic heterocycles. The van der Waals surface area contributed by atoms with Gasteiger partial charge in [-0.25, -0.2) is 0 Å². The van der Waals surface area contributed by atoms with E-state index < -0.39 is 0 Å². The highest BCUT2D eigenvalue weighted by Crippen LogP contribution is 2.34. The summed E-state index contributed by atoms with van der Waals surface area (Å²) in [6.45, 7) is 2.45. The molecule has 0 radical (unpaired) electrons. The fourth-order valence-corrected chi connectivity index (χ4v) is 1.85. The van der Waals surface area contributed by atoms with Gasteiger partial charge in [-0.15, -0.1) is 0 Å². The molecule has 0 aliphatic carbocycles. The van der Waals surface area contributed by atoms with Gasteiger partial charge in [0.2, 0.25) is 0 Å². The molecule has 5 heteroatoms. The van der Waals surface area contributed by atoms with Gasteiger partial charge in [-0.3, -0.25) is 4.79 Å². The smallest absolute Gasteiger partial charge is 0.251 e. The molecular formula is C16H18N2O3. The zero-order chi connectivity index (χ0) is 15.2. The molecule has 0 saturated carbocycles. The van der Waals surface area contributed by atoms with E-state index in [0.717, 1.165) is 0 Å². The normalized spacial score (nSPS) is 10.0. The van der Waals surface area contributed by atoms with Crippen LogP contribution >= 0.6 is 0 Å². The zero-order valence-corrected chi connectivity index (χ0v) is 12.1. The van der Waals surface area contributed by atoms with E-state index in [1.54, 1.807) is 31.3 Å². The molecule has 1 amide bonds. The average molecular weight is 286 g/mol. The number of ether oxygens (including phenoxy) is 2. The molecule has 0 aromatic heterocycles. The van der Waals surface area contributed by atoms with E-state index in [9.17, 15) is 4.79 Å². The fourth-order valence-electron chi connectivity index (χ4n) is 1.85. The predicted molar refractivity (Wildman–Crippen MR) is 81.9 cm³/mol. The number of hydrogen-bond donors (Lipinski definition) is 2. The van der Waals surface area contributed by atoms with E-state index in [-0.39, 0.29) is 5.91 Å². The molecule has 2 aromatic carbocycles. The summed E-state index contributed by atoms with van der Waals surface area (Å²) in [5.74, 6) is 1.52. The fraction of sp³-hybridized carbons (Fsp3) is 0.188. The van der Waals surface area contributed by atoms with Crippen molar-refractivity contribution >= 4 is 11.6 Å². The SMILES string of the molecule is CCOc1ccccc1Oc1ccc(C(=O)NC)cc1N. The van der Waals surface area contributed by atoms with Gasteiger partial charge in [-0.1, -0.05) is 12.1 Å². The lowest BCUT2D eigenvalue weighted by atomic mass is 10.2. The van der Waals surface area contributed by atoms with Crippen LogP contribution in [0.1, 0.15) is 17.3 Å². The van der Waals surface area contributed by atoms with Crippen molar-refractivity contribution < 1.29 is 14.3 Å². The third-order valence-electron chi connectivity index (χ3n) is 2.87. The largest absolute Gasteiger partial charge is 0.490 e. The molecule has 0 saturated heterocycles. The molecule has 0 atom stereocenters. The van der Waals surface area contributed by atoms with Gasteiger partial charge >= 0.3 is 0 Å². The minimum Gasteiger partial charge on any atom is -0.490 e. The van der Waals surface area contributed by atoms with Crippen LogP contribution in [0.2, 0.25) is 0 Å². The van der Waals surface area contributed by atoms with E-state index in [1.807, 2.05) is 25.1 Å². The Morgan fingerprint density at radius 1 is 1.14 bits per heavy atom. The maximum Gasteiger partial charge on any atom is 0.251 e. The summed E-state index contributed by atoms with van der Waals surface area (Å²) in [6.07, 6.45) is 0. The molecular weight excluding hydrogens is 268 g/mol. The molecule has 0 aliphatic rings. The first-order valence-corrected chi connectivity index (χ1v) is 6.67. The quantitative estimate of drug-likeness (QED) is 0.829. The van der Waals surface area contributed by atoms with Crippen molar-refractivity contribution in [3.63, 3.8) is 0 Å². The van der Waals surface area contributed by atoms with Crippen LogP contribution in [0.5, 0.6) is 17.2 Å². The summed E-state index contributed by atoms with van der Waals surface area (Å²) in [5.41, 5.74) is 6.82. The number of amides is 1. The number of hydrogen-bond acceptors (Lipinski definition) is 4. The number of nitrogens with two attached hydrogens (primary N) is 1. The first-order chi connectivity index (χ1) is 10.2. The van der Waals surface area contributed by atoms with Gasteiger partial charge < -0.3 is 20.5 Å². The van der Waals surface area contributed by atoms with Crippen molar-refractivity contribution in [2.75, 3.05) is 19.4 Å². The number of para-hydroxylation sites is 2. The zero-order valence-electron chi connectivity index (χ0n) is 12.1. The van der Waals surface area contributed by atoms with E-state index in [1.165, 1.54) is 0 Å². The highest BCUT2D eigenvalue weighted by Gasteiger charge is 2.10. The molecule has 0 unspecified atom stereocenters. The second-order valence-corrected chi connectivity index (χ2v) is 4.31. The van der Waals surface area contributed by atoms with Crippen LogP contribution in [-0.4, -0.2) is 19.6 Å². The lowest BCUT2D eigenvalue weighted by Gasteiger charge is -2.13. The van der Waals surface area contributed by atoms with Gasteiger partial charge in [0.25, 0.3) is 5.91 Å². The standard InChI is InChI=1S/C16H18N2O3/c1-3-20-14-6-4-5-7-15(14)21-13-9-8-11(10-12(13)17)16(19)18-2/h4-10H,3,17H2,1-2H3,(H,18,19). The lowest BCUT2D eigenvalue weighted by Crippen LogP contribution is -2.17. The van der Waals surface area contributed by atoms with Gasteiger partial charge in [-0.2, -0.15) is 0 Å². The van der Waals surface area contributed by atoms with Crippen molar-refractivity contribution in [1.82, 2.24) is 5.32 Å². The Morgan fingerprint density at radius 2 is 1.86 bits per heavy atom. The van der Waals surface area contributed by atoms with E-state index in [2.05, 4.69) is 5.32 Å². The Balaban J connectivity index is 2.26. The van der Waals surface area contributed by atoms with Crippen LogP contribution in [0.3, 0.4) is 0 Å². The summed E-state index contributed by atoms with van der Waals surface area (Å²) in [4.78, 5) is 11.5. The molecule has 2 aromatic rings. The van der Waals surface area contributed by atoms with E-state index in [4.69, 9.17) is 15.2 Å². The summed E-state index contributed by atoms with van der Waals surface area (Å²) >= 11 is 0. The molecule has 21 heavy (non-hydrogen) atoms. The van der Waals surface area contributed by atoms with Crippen LogP contribution in [-0.2, 0) is 0 Å². The number of carbonyl (C=O) groups excluding carboxylic acids is 1. The van der Waals surface area contributed by atoms with Crippen LogP contribution in [0.15, 0.2) is 42.5 Å². The van der Waals surface area contributed by atoms with Crippen LogP contribution in [0, 0.1) is 0 Å². The lowest BCUT2D eigenvalue weighted by molar-refractivity contribution is 0.0963. The number of carbonyl (C=O) groups is 1. The molecule has 0 heterocycles. The first-order valence-electron chi connectivity index (χ1n) is 6.67. The topological polar surface area (TPSA) is 73.6 Å². The van der Waals surface area contributed by atoms with Crippen molar-refractivity contribution in [1.29, 1.82) is 0 Å². The highest BCUT2D eigenvalue weighted by molar-refractivity contribution is 5.95. The van der Waals surface area contributed by atoms with Crippen molar-refractivity contribution in [3.8, 4) is 17.2 Å². The number of nitrogens with one attached hydrogen (secondary N) is 1. The molecule has 0 bridgehead atoms. The molecule has 3 N–H and O–H groups in total. The Bertz CT molecular complexity index is 641.